The molecule has 0 N–H and O–H groups in total. The van der Waals surface area contributed by atoms with Gasteiger partial charge in [0, 0.05) is 16.4 Å². The molecule has 0 fully saturated rings. The Kier molecular flexibility index (Phi) is 5.68. The summed E-state index contributed by atoms with van der Waals surface area (Å²) in [5.41, 5.74) is 0.310. The monoisotopic (exact) mass is 319 g/mol. The Hall–Kier alpha value is 0.330. The smallest absolute Gasteiger partial charge is 0.0960 e. The first-order valence-corrected chi connectivity index (χ1v) is 7.70. The average Bonchev–Trinajstić information content (AvgIpc) is 2.19. The van der Waals surface area contributed by atoms with Crippen LogP contribution in [0.25, 0.3) is 0 Å². The second-order valence-electron chi connectivity index (χ2n) is 4.87. The van der Waals surface area contributed by atoms with Crippen molar-refractivity contribution in [1.29, 1.82) is 0 Å². The average molecular weight is 320 g/mol. The molecule has 0 saturated heterocycles. The van der Waals surface area contributed by atoms with Crippen molar-refractivity contribution in [3.63, 3.8) is 0 Å². The molecular formula is C12H18BrNS2. The summed E-state index contributed by atoms with van der Waals surface area (Å²) in [4.78, 5) is 4.36. The molecule has 0 aliphatic carbocycles. The number of hydrogen-bond donors (Lipinski definition) is 1. The first-order valence-electron chi connectivity index (χ1n) is 5.28. The fourth-order valence-electron chi connectivity index (χ4n) is 1.21. The predicted molar refractivity (Wildman–Crippen MR) is 79.5 cm³/mol. The van der Waals surface area contributed by atoms with Gasteiger partial charge in [-0.25, -0.2) is 4.98 Å². The maximum Gasteiger partial charge on any atom is 0.0960 e. The fraction of sp³-hybridized carbons (Fsp3) is 0.583. The number of aromatic nitrogens is 1. The van der Waals surface area contributed by atoms with Gasteiger partial charge in [-0.1, -0.05) is 20.8 Å². The molecule has 1 heterocycles. The summed E-state index contributed by atoms with van der Waals surface area (Å²) in [5, 5.41) is 1.08. The largest absolute Gasteiger partial charge is 0.249 e. The number of pyridine rings is 1. The Labute approximate surface area is 116 Å². The van der Waals surface area contributed by atoms with Gasteiger partial charge in [-0.05, 0) is 45.1 Å². The van der Waals surface area contributed by atoms with Crippen LogP contribution in [0.5, 0.6) is 0 Å². The lowest BCUT2D eigenvalue weighted by molar-refractivity contribution is 0.294. The van der Waals surface area contributed by atoms with Crippen LogP contribution in [-0.2, 0) is 0 Å². The molecule has 0 aliphatic rings. The maximum absolute atomic E-state index is 4.43. The van der Waals surface area contributed by atoms with Crippen molar-refractivity contribution < 1.29 is 0 Å². The van der Waals surface area contributed by atoms with Crippen LogP contribution in [0.1, 0.15) is 20.8 Å². The maximum atomic E-state index is 4.43. The molecule has 0 radical (unpaired) electrons. The zero-order valence-corrected chi connectivity index (χ0v) is 13.2. The minimum atomic E-state index is 0.310. The summed E-state index contributed by atoms with van der Waals surface area (Å²) >= 11 is 9.63. The summed E-state index contributed by atoms with van der Waals surface area (Å²) in [6, 6.07) is 4.08. The third-order valence-electron chi connectivity index (χ3n) is 2.58. The first kappa shape index (κ1) is 14.4. The van der Waals surface area contributed by atoms with Gasteiger partial charge in [0.15, 0.2) is 0 Å². The van der Waals surface area contributed by atoms with Crippen molar-refractivity contribution in [2.45, 2.75) is 25.8 Å². The number of thioether (sulfide) groups is 1. The van der Waals surface area contributed by atoms with Crippen molar-refractivity contribution in [2.75, 3.05) is 11.5 Å². The molecule has 90 valence electrons. The van der Waals surface area contributed by atoms with Crippen molar-refractivity contribution >= 4 is 40.3 Å². The molecule has 0 bridgehead atoms. The van der Waals surface area contributed by atoms with Crippen LogP contribution in [-0.4, -0.2) is 16.5 Å². The van der Waals surface area contributed by atoms with E-state index in [1.165, 1.54) is 0 Å². The Morgan fingerprint density at radius 1 is 1.44 bits per heavy atom. The second kappa shape index (κ2) is 6.31. The van der Waals surface area contributed by atoms with E-state index in [2.05, 4.69) is 54.3 Å². The summed E-state index contributed by atoms with van der Waals surface area (Å²) in [6.07, 6.45) is 1.84. The molecule has 0 aromatic carbocycles. The van der Waals surface area contributed by atoms with Gasteiger partial charge in [0.05, 0.1) is 5.03 Å². The normalized spacial score (nSPS) is 13.8. The Morgan fingerprint density at radius 2 is 2.12 bits per heavy atom. The molecule has 0 aliphatic heterocycles. The van der Waals surface area contributed by atoms with Crippen LogP contribution in [0.3, 0.4) is 0 Å². The third-order valence-corrected chi connectivity index (χ3v) is 4.59. The van der Waals surface area contributed by atoms with Crippen LogP contribution >= 0.6 is 40.3 Å². The predicted octanol–water partition coefficient (Wildman–Crippen LogP) is 4.53. The Balaban J connectivity index is 2.53. The Bertz CT molecular complexity index is 319. The zero-order valence-electron chi connectivity index (χ0n) is 9.90. The summed E-state index contributed by atoms with van der Waals surface area (Å²) in [7, 11) is 0. The van der Waals surface area contributed by atoms with Crippen LogP contribution in [0, 0.1) is 11.3 Å². The summed E-state index contributed by atoms with van der Waals surface area (Å²) in [5.74, 6) is 2.60. The van der Waals surface area contributed by atoms with Crippen LogP contribution in [0.4, 0.5) is 0 Å². The van der Waals surface area contributed by atoms with Crippen molar-refractivity contribution in [1.82, 2.24) is 4.98 Å². The van der Waals surface area contributed by atoms with Crippen molar-refractivity contribution in [3.05, 3.63) is 22.8 Å². The molecule has 1 nitrogen and oxygen atoms in total. The number of nitrogens with zero attached hydrogens (tertiary/aromatic N) is 1. The molecule has 0 saturated carbocycles. The molecule has 1 unspecified atom stereocenters. The molecule has 0 amide bonds. The van der Waals surface area contributed by atoms with Crippen molar-refractivity contribution in [3.8, 4) is 0 Å². The standard InChI is InChI=1S/C12H18BrNS2/c1-12(2,3)9(7-15)8-16-11-5-4-10(13)6-14-11/h4-6,9,15H,7-8H2,1-3H3. The van der Waals surface area contributed by atoms with Gasteiger partial charge in [-0.2, -0.15) is 12.6 Å². The highest BCUT2D eigenvalue weighted by Crippen LogP contribution is 2.32. The molecule has 1 rings (SSSR count). The highest BCUT2D eigenvalue weighted by atomic mass is 79.9. The first-order chi connectivity index (χ1) is 7.43. The molecule has 1 aromatic rings. The van der Waals surface area contributed by atoms with Gasteiger partial charge < -0.3 is 0 Å². The summed E-state index contributed by atoms with van der Waals surface area (Å²) in [6.45, 7) is 6.80. The van der Waals surface area contributed by atoms with E-state index in [-0.39, 0.29) is 0 Å². The highest BCUT2D eigenvalue weighted by molar-refractivity contribution is 9.10. The Morgan fingerprint density at radius 3 is 2.56 bits per heavy atom. The van der Waals surface area contributed by atoms with E-state index in [9.17, 15) is 0 Å². The van der Waals surface area contributed by atoms with E-state index in [0.717, 1.165) is 21.0 Å². The molecule has 1 atom stereocenters. The highest BCUT2D eigenvalue weighted by Gasteiger charge is 2.23. The minimum absolute atomic E-state index is 0.310. The minimum Gasteiger partial charge on any atom is -0.249 e. The van der Waals surface area contributed by atoms with E-state index in [0.29, 0.717) is 11.3 Å². The van der Waals surface area contributed by atoms with Gasteiger partial charge in [-0.3, -0.25) is 0 Å². The van der Waals surface area contributed by atoms with Gasteiger partial charge in [0.25, 0.3) is 0 Å². The van der Waals surface area contributed by atoms with Gasteiger partial charge in [0.1, 0.15) is 0 Å². The van der Waals surface area contributed by atoms with E-state index in [4.69, 9.17) is 0 Å². The molecule has 4 heteroatoms. The van der Waals surface area contributed by atoms with Gasteiger partial charge >= 0.3 is 0 Å². The van der Waals surface area contributed by atoms with Crippen LogP contribution < -0.4 is 0 Å². The number of hydrogen-bond acceptors (Lipinski definition) is 3. The van der Waals surface area contributed by atoms with E-state index >= 15 is 0 Å². The summed E-state index contributed by atoms with van der Waals surface area (Å²) < 4.78 is 1.03. The number of halogens is 1. The molecule has 16 heavy (non-hydrogen) atoms. The van der Waals surface area contributed by atoms with Crippen LogP contribution in [0.15, 0.2) is 27.8 Å². The van der Waals surface area contributed by atoms with E-state index < -0.39 is 0 Å². The van der Waals surface area contributed by atoms with E-state index in [1.54, 1.807) is 0 Å². The second-order valence-corrected chi connectivity index (χ2v) is 7.19. The molecule has 1 aromatic heterocycles. The van der Waals surface area contributed by atoms with Gasteiger partial charge in [0.2, 0.25) is 0 Å². The lowest BCUT2D eigenvalue weighted by atomic mass is 9.83. The molecule has 0 spiro atoms. The van der Waals surface area contributed by atoms with Gasteiger partial charge in [-0.15, -0.1) is 11.8 Å². The van der Waals surface area contributed by atoms with Crippen molar-refractivity contribution in [2.24, 2.45) is 11.3 Å². The zero-order chi connectivity index (χ0) is 12.2. The molecular weight excluding hydrogens is 302 g/mol. The van der Waals surface area contributed by atoms with E-state index in [1.807, 2.05) is 30.1 Å². The SMILES string of the molecule is CC(C)(C)C(CS)CSc1ccc(Br)cn1. The third kappa shape index (κ3) is 4.68. The number of rotatable bonds is 4. The van der Waals surface area contributed by atoms with Crippen LogP contribution in [0.2, 0.25) is 0 Å². The lowest BCUT2D eigenvalue weighted by Gasteiger charge is -2.28. The number of thiol groups is 1. The topological polar surface area (TPSA) is 12.9 Å². The quantitative estimate of drug-likeness (QED) is 0.647. The fourth-order valence-corrected chi connectivity index (χ4v) is 3.58. The lowest BCUT2D eigenvalue weighted by Crippen LogP contribution is -2.24.